The molecule has 0 aliphatic rings. The van der Waals surface area contributed by atoms with E-state index in [2.05, 4.69) is 4.74 Å². The fourth-order valence-electron chi connectivity index (χ4n) is 0.824. The number of rotatable bonds is 3. The van der Waals surface area contributed by atoms with Crippen LogP contribution in [0.3, 0.4) is 0 Å². The predicted octanol–water partition coefficient (Wildman–Crippen LogP) is 1.34. The molecule has 0 fully saturated rings. The first-order valence-corrected chi connectivity index (χ1v) is 4.45. The number of carbonyl (C=O) groups is 1. The summed E-state index contributed by atoms with van der Waals surface area (Å²) >= 11 is 1.49. The average molecular weight is 186 g/mol. The lowest BCUT2D eigenvalue weighted by Crippen LogP contribution is -2.07. The highest BCUT2D eigenvalue weighted by Gasteiger charge is 2.12. The molecule has 0 unspecified atom stereocenters. The van der Waals surface area contributed by atoms with Gasteiger partial charge in [-0.1, -0.05) is 0 Å². The van der Waals surface area contributed by atoms with Gasteiger partial charge in [0.05, 0.1) is 19.6 Å². The number of methoxy groups -OCH3 is 1. The fraction of sp³-hybridized carbons (Fsp3) is 0.375. The van der Waals surface area contributed by atoms with Crippen molar-refractivity contribution in [3.8, 4) is 0 Å². The first kappa shape index (κ1) is 9.22. The Morgan fingerprint density at radius 2 is 2.58 bits per heavy atom. The van der Waals surface area contributed by atoms with E-state index in [0.29, 0.717) is 0 Å². The van der Waals surface area contributed by atoms with Crippen molar-refractivity contribution in [1.29, 1.82) is 0 Å². The van der Waals surface area contributed by atoms with Crippen LogP contribution in [0, 0.1) is 0 Å². The van der Waals surface area contributed by atoms with E-state index in [4.69, 9.17) is 0 Å². The number of ether oxygens (including phenoxy) is 1. The number of esters is 1. The van der Waals surface area contributed by atoms with Crippen LogP contribution in [-0.4, -0.2) is 18.2 Å². The standard InChI is InChI=1S/C8H10O3S/c1-11-8(10)4-7(9)6-2-3-12-5-6/h2-3,5,7,9H,4H2,1H3/t7-/m0/s1. The Hall–Kier alpha value is -0.870. The van der Waals surface area contributed by atoms with Crippen LogP contribution >= 0.6 is 11.3 Å². The molecule has 0 spiro atoms. The zero-order chi connectivity index (χ0) is 8.97. The summed E-state index contributed by atoms with van der Waals surface area (Å²) in [4.78, 5) is 10.7. The Morgan fingerprint density at radius 1 is 1.83 bits per heavy atom. The van der Waals surface area contributed by atoms with Gasteiger partial charge in [-0.2, -0.15) is 11.3 Å². The molecule has 1 rings (SSSR count). The lowest BCUT2D eigenvalue weighted by Gasteiger charge is -2.05. The van der Waals surface area contributed by atoms with Gasteiger partial charge in [-0.3, -0.25) is 4.79 Å². The molecule has 0 aliphatic carbocycles. The van der Waals surface area contributed by atoms with Crippen molar-refractivity contribution < 1.29 is 14.6 Å². The molecule has 0 amide bonds. The van der Waals surface area contributed by atoms with Crippen molar-refractivity contribution in [1.82, 2.24) is 0 Å². The zero-order valence-corrected chi connectivity index (χ0v) is 7.50. The van der Waals surface area contributed by atoms with Gasteiger partial charge in [0.2, 0.25) is 0 Å². The molecule has 1 heterocycles. The number of aliphatic hydroxyl groups is 1. The van der Waals surface area contributed by atoms with Crippen LogP contribution in [0.1, 0.15) is 18.1 Å². The van der Waals surface area contributed by atoms with Crippen molar-refractivity contribution in [2.75, 3.05) is 7.11 Å². The van der Waals surface area contributed by atoms with Crippen LogP contribution in [-0.2, 0) is 9.53 Å². The molecule has 0 saturated heterocycles. The summed E-state index contributed by atoms with van der Waals surface area (Å²) in [6.45, 7) is 0. The second-order valence-electron chi connectivity index (χ2n) is 2.35. The van der Waals surface area contributed by atoms with E-state index in [-0.39, 0.29) is 6.42 Å². The topological polar surface area (TPSA) is 46.5 Å². The minimum absolute atomic E-state index is 0.0211. The molecule has 66 valence electrons. The monoisotopic (exact) mass is 186 g/mol. The average Bonchev–Trinajstić information content (AvgIpc) is 2.56. The first-order chi connectivity index (χ1) is 5.74. The second-order valence-corrected chi connectivity index (χ2v) is 3.13. The molecule has 0 aliphatic heterocycles. The van der Waals surface area contributed by atoms with E-state index in [1.807, 2.05) is 10.8 Å². The minimum atomic E-state index is -0.733. The van der Waals surface area contributed by atoms with Gasteiger partial charge in [-0.15, -0.1) is 0 Å². The normalized spacial score (nSPS) is 12.5. The summed E-state index contributed by atoms with van der Waals surface area (Å²) in [7, 11) is 1.31. The van der Waals surface area contributed by atoms with E-state index in [1.54, 1.807) is 6.07 Å². The smallest absolute Gasteiger partial charge is 0.308 e. The Morgan fingerprint density at radius 3 is 3.08 bits per heavy atom. The second kappa shape index (κ2) is 4.23. The molecule has 1 N–H and O–H groups in total. The summed E-state index contributed by atoms with van der Waals surface area (Å²) < 4.78 is 4.42. The molecule has 1 atom stereocenters. The van der Waals surface area contributed by atoms with Gasteiger partial charge in [0.15, 0.2) is 0 Å². The quantitative estimate of drug-likeness (QED) is 0.725. The summed E-state index contributed by atoms with van der Waals surface area (Å²) in [5, 5.41) is 13.1. The van der Waals surface area contributed by atoms with E-state index < -0.39 is 12.1 Å². The maximum atomic E-state index is 10.7. The van der Waals surface area contributed by atoms with Crippen molar-refractivity contribution in [2.45, 2.75) is 12.5 Å². The Labute approximate surface area is 74.6 Å². The number of thiophene rings is 1. The Balaban J connectivity index is 2.49. The fourth-order valence-corrected chi connectivity index (χ4v) is 1.53. The number of carbonyl (C=O) groups excluding carboxylic acids is 1. The lowest BCUT2D eigenvalue weighted by atomic mass is 10.1. The molecular weight excluding hydrogens is 176 g/mol. The number of hydrogen-bond donors (Lipinski definition) is 1. The van der Waals surface area contributed by atoms with Gasteiger partial charge in [-0.05, 0) is 22.4 Å². The third-order valence-corrected chi connectivity index (χ3v) is 2.22. The van der Waals surface area contributed by atoms with Gasteiger partial charge in [-0.25, -0.2) is 0 Å². The van der Waals surface area contributed by atoms with Crippen LogP contribution in [0.25, 0.3) is 0 Å². The summed E-state index contributed by atoms with van der Waals surface area (Å²) in [5.74, 6) is -0.395. The third kappa shape index (κ3) is 2.32. The molecule has 3 nitrogen and oxygen atoms in total. The number of hydrogen-bond acceptors (Lipinski definition) is 4. The van der Waals surface area contributed by atoms with E-state index in [0.717, 1.165) is 5.56 Å². The van der Waals surface area contributed by atoms with Crippen molar-refractivity contribution in [3.63, 3.8) is 0 Å². The Bertz CT molecular complexity index is 243. The van der Waals surface area contributed by atoms with Gasteiger partial charge < -0.3 is 9.84 Å². The largest absolute Gasteiger partial charge is 0.469 e. The highest BCUT2D eigenvalue weighted by Crippen LogP contribution is 2.19. The van der Waals surface area contributed by atoms with Crippen molar-refractivity contribution in [2.24, 2.45) is 0 Å². The van der Waals surface area contributed by atoms with Crippen molar-refractivity contribution >= 4 is 17.3 Å². The zero-order valence-electron chi connectivity index (χ0n) is 6.69. The molecule has 0 radical (unpaired) electrons. The molecule has 4 heteroatoms. The summed E-state index contributed by atoms with van der Waals surface area (Å²) in [6.07, 6.45) is -0.712. The van der Waals surface area contributed by atoms with Gasteiger partial charge >= 0.3 is 5.97 Å². The van der Waals surface area contributed by atoms with Gasteiger partial charge in [0, 0.05) is 0 Å². The van der Waals surface area contributed by atoms with E-state index in [9.17, 15) is 9.90 Å². The maximum Gasteiger partial charge on any atom is 0.308 e. The highest BCUT2D eigenvalue weighted by atomic mass is 32.1. The molecule has 1 aromatic rings. The van der Waals surface area contributed by atoms with Crippen molar-refractivity contribution in [3.05, 3.63) is 22.4 Å². The van der Waals surface area contributed by atoms with Crippen LogP contribution in [0.5, 0.6) is 0 Å². The summed E-state index contributed by atoms with van der Waals surface area (Å²) in [5.41, 5.74) is 0.769. The minimum Gasteiger partial charge on any atom is -0.469 e. The first-order valence-electron chi connectivity index (χ1n) is 3.51. The predicted molar refractivity (Wildman–Crippen MR) is 45.9 cm³/mol. The van der Waals surface area contributed by atoms with Gasteiger partial charge in [0.25, 0.3) is 0 Å². The van der Waals surface area contributed by atoms with Crippen LogP contribution < -0.4 is 0 Å². The van der Waals surface area contributed by atoms with Crippen LogP contribution in [0.2, 0.25) is 0 Å². The molecule has 0 bridgehead atoms. The number of aliphatic hydroxyl groups excluding tert-OH is 1. The molecule has 0 aromatic carbocycles. The SMILES string of the molecule is COC(=O)C[C@H](O)c1ccsc1. The third-order valence-electron chi connectivity index (χ3n) is 1.52. The molecule has 12 heavy (non-hydrogen) atoms. The van der Waals surface area contributed by atoms with E-state index in [1.165, 1.54) is 18.4 Å². The highest BCUT2D eigenvalue weighted by molar-refractivity contribution is 7.07. The molecule has 0 saturated carbocycles. The molecular formula is C8H10O3S. The molecule has 1 aromatic heterocycles. The van der Waals surface area contributed by atoms with Gasteiger partial charge in [0.1, 0.15) is 0 Å². The summed E-state index contributed by atoms with van der Waals surface area (Å²) in [6, 6.07) is 1.79. The van der Waals surface area contributed by atoms with E-state index >= 15 is 0 Å². The lowest BCUT2D eigenvalue weighted by molar-refractivity contribution is -0.142. The Kier molecular flexibility index (Phi) is 3.25. The maximum absolute atomic E-state index is 10.7. The van der Waals surface area contributed by atoms with Crippen LogP contribution in [0.15, 0.2) is 16.8 Å². The van der Waals surface area contributed by atoms with Crippen LogP contribution in [0.4, 0.5) is 0 Å².